The Kier molecular flexibility index (Phi) is 3.51. The van der Waals surface area contributed by atoms with Crippen LogP contribution in [0.2, 0.25) is 0 Å². The van der Waals surface area contributed by atoms with Crippen LogP contribution in [0.15, 0.2) is 55.2 Å². The maximum Gasteiger partial charge on any atom is 0.184 e. The van der Waals surface area contributed by atoms with Crippen molar-refractivity contribution >= 4 is 22.8 Å². The molecule has 3 heterocycles. The quantitative estimate of drug-likeness (QED) is 0.621. The van der Waals surface area contributed by atoms with Gasteiger partial charge in [-0.25, -0.2) is 29.9 Å². The summed E-state index contributed by atoms with van der Waals surface area (Å²) in [6.45, 7) is 2.03. The van der Waals surface area contributed by atoms with Crippen LogP contribution in [0.5, 0.6) is 0 Å². The Morgan fingerprint density at radius 3 is 2.67 bits per heavy atom. The van der Waals surface area contributed by atoms with E-state index in [1.807, 2.05) is 31.2 Å². The number of rotatable bonds is 3. The zero-order valence-corrected chi connectivity index (χ0v) is 12.9. The van der Waals surface area contributed by atoms with E-state index in [0.717, 1.165) is 11.1 Å². The third-order valence-electron chi connectivity index (χ3n) is 3.44. The third kappa shape index (κ3) is 2.74. The van der Waals surface area contributed by atoms with E-state index >= 15 is 0 Å². The summed E-state index contributed by atoms with van der Waals surface area (Å²) < 4.78 is 0. The van der Waals surface area contributed by atoms with E-state index in [1.165, 1.54) is 6.33 Å². The van der Waals surface area contributed by atoms with Crippen LogP contribution in [0.3, 0.4) is 0 Å². The first-order chi connectivity index (χ1) is 11.8. The molecule has 0 saturated heterocycles. The standard InChI is InChI=1S/C17H13N7/c1-11-3-2-4-12(9-11)15-23-16-14(19-7-8-20-16)17(24-15)22-13-5-6-18-10-21-13/h2-10H,1H3,(H,18,20,21,22,23,24). The SMILES string of the molecule is Cc1cccc(-c2nc(Nc3ccncn3)c3nccnc3n2)c1. The fourth-order valence-electron chi connectivity index (χ4n) is 2.35. The highest BCUT2D eigenvalue weighted by Crippen LogP contribution is 2.24. The fraction of sp³-hybridized carbons (Fsp3) is 0.0588. The third-order valence-corrected chi connectivity index (χ3v) is 3.44. The molecule has 7 nitrogen and oxygen atoms in total. The number of aryl methyl sites for hydroxylation is 1. The van der Waals surface area contributed by atoms with Crippen molar-refractivity contribution in [3.05, 3.63) is 60.8 Å². The van der Waals surface area contributed by atoms with Gasteiger partial charge in [0.15, 0.2) is 22.8 Å². The Morgan fingerprint density at radius 1 is 0.917 bits per heavy atom. The molecule has 0 radical (unpaired) electrons. The summed E-state index contributed by atoms with van der Waals surface area (Å²) >= 11 is 0. The molecule has 24 heavy (non-hydrogen) atoms. The number of aromatic nitrogens is 6. The van der Waals surface area contributed by atoms with Gasteiger partial charge in [0.1, 0.15) is 12.1 Å². The van der Waals surface area contributed by atoms with Crippen LogP contribution in [0.1, 0.15) is 5.56 Å². The molecule has 0 aliphatic heterocycles. The van der Waals surface area contributed by atoms with Gasteiger partial charge in [0.05, 0.1) is 0 Å². The van der Waals surface area contributed by atoms with Crippen LogP contribution < -0.4 is 5.32 Å². The number of nitrogens with zero attached hydrogens (tertiary/aromatic N) is 6. The van der Waals surface area contributed by atoms with Gasteiger partial charge in [0.25, 0.3) is 0 Å². The molecule has 0 bridgehead atoms. The molecule has 0 aliphatic rings. The van der Waals surface area contributed by atoms with Crippen molar-refractivity contribution in [3.8, 4) is 11.4 Å². The zero-order valence-electron chi connectivity index (χ0n) is 12.9. The first-order valence-electron chi connectivity index (χ1n) is 7.38. The number of hydrogen-bond acceptors (Lipinski definition) is 7. The van der Waals surface area contributed by atoms with Crippen LogP contribution in [0.25, 0.3) is 22.6 Å². The highest BCUT2D eigenvalue weighted by molar-refractivity contribution is 5.85. The second kappa shape index (κ2) is 5.96. The lowest BCUT2D eigenvalue weighted by molar-refractivity contribution is 1.13. The molecule has 7 heteroatoms. The summed E-state index contributed by atoms with van der Waals surface area (Å²) in [4.78, 5) is 25.9. The molecule has 1 N–H and O–H groups in total. The van der Waals surface area contributed by atoms with Gasteiger partial charge in [-0.1, -0.05) is 23.8 Å². The second-order valence-corrected chi connectivity index (χ2v) is 5.21. The highest BCUT2D eigenvalue weighted by Gasteiger charge is 2.12. The van der Waals surface area contributed by atoms with Crippen LogP contribution in [-0.2, 0) is 0 Å². The van der Waals surface area contributed by atoms with Crippen LogP contribution >= 0.6 is 0 Å². The second-order valence-electron chi connectivity index (χ2n) is 5.21. The van der Waals surface area contributed by atoms with E-state index in [0.29, 0.717) is 28.6 Å². The molecule has 1 aromatic carbocycles. The minimum absolute atomic E-state index is 0.528. The molecule has 4 rings (SSSR count). The minimum Gasteiger partial charge on any atom is -0.323 e. The lowest BCUT2D eigenvalue weighted by Gasteiger charge is -2.09. The predicted octanol–water partition coefficient (Wildman–Crippen LogP) is 2.93. The van der Waals surface area contributed by atoms with Crippen LogP contribution in [-0.4, -0.2) is 29.9 Å². The van der Waals surface area contributed by atoms with Gasteiger partial charge in [0.2, 0.25) is 0 Å². The Hall–Kier alpha value is -3.48. The summed E-state index contributed by atoms with van der Waals surface area (Å²) in [7, 11) is 0. The van der Waals surface area contributed by atoms with Crippen molar-refractivity contribution in [2.45, 2.75) is 6.92 Å². The molecule has 4 aromatic rings. The Bertz CT molecular complexity index is 1000. The van der Waals surface area contributed by atoms with E-state index in [9.17, 15) is 0 Å². The average molecular weight is 315 g/mol. The fourth-order valence-corrected chi connectivity index (χ4v) is 2.35. The van der Waals surface area contributed by atoms with Crippen LogP contribution in [0.4, 0.5) is 11.6 Å². The average Bonchev–Trinajstić information content (AvgIpc) is 2.62. The normalized spacial score (nSPS) is 10.7. The van der Waals surface area contributed by atoms with Crippen molar-refractivity contribution in [2.75, 3.05) is 5.32 Å². The first-order valence-corrected chi connectivity index (χ1v) is 7.38. The lowest BCUT2D eigenvalue weighted by atomic mass is 10.1. The number of benzene rings is 1. The van der Waals surface area contributed by atoms with Gasteiger partial charge in [0, 0.05) is 24.2 Å². The summed E-state index contributed by atoms with van der Waals surface area (Å²) in [6.07, 6.45) is 6.36. The number of fused-ring (bicyclic) bond motifs is 1. The summed E-state index contributed by atoms with van der Waals surface area (Å²) in [6, 6.07) is 9.78. The molecular weight excluding hydrogens is 302 g/mol. The highest BCUT2D eigenvalue weighted by atomic mass is 15.1. The molecule has 3 aromatic heterocycles. The molecule has 116 valence electrons. The van der Waals surface area contributed by atoms with E-state index in [2.05, 4.69) is 35.2 Å². The predicted molar refractivity (Wildman–Crippen MR) is 90.6 cm³/mol. The van der Waals surface area contributed by atoms with Crippen molar-refractivity contribution < 1.29 is 0 Å². The molecule has 0 aliphatic carbocycles. The molecule has 0 spiro atoms. The van der Waals surface area contributed by atoms with Gasteiger partial charge in [-0.15, -0.1) is 0 Å². The topological polar surface area (TPSA) is 89.4 Å². The molecule has 0 unspecified atom stereocenters. The van der Waals surface area contributed by atoms with E-state index < -0.39 is 0 Å². The van der Waals surface area contributed by atoms with Crippen LogP contribution in [0, 0.1) is 6.92 Å². The molecular formula is C17H13N7. The lowest BCUT2D eigenvalue weighted by Crippen LogP contribution is -2.02. The molecule has 0 amide bonds. The van der Waals surface area contributed by atoms with Gasteiger partial charge >= 0.3 is 0 Å². The maximum atomic E-state index is 4.62. The molecule has 0 fully saturated rings. The monoisotopic (exact) mass is 315 g/mol. The summed E-state index contributed by atoms with van der Waals surface area (Å²) in [5.74, 6) is 1.78. The van der Waals surface area contributed by atoms with Gasteiger partial charge in [-0.3, -0.25) is 0 Å². The van der Waals surface area contributed by atoms with E-state index in [1.54, 1.807) is 24.7 Å². The first kappa shape index (κ1) is 14.1. The maximum absolute atomic E-state index is 4.62. The van der Waals surface area contributed by atoms with Gasteiger partial charge in [-0.05, 0) is 19.1 Å². The largest absolute Gasteiger partial charge is 0.323 e. The summed E-state index contributed by atoms with van der Waals surface area (Å²) in [5.41, 5.74) is 3.18. The molecule has 0 atom stereocenters. The number of nitrogens with one attached hydrogen (secondary N) is 1. The Morgan fingerprint density at radius 2 is 1.83 bits per heavy atom. The van der Waals surface area contributed by atoms with Crippen molar-refractivity contribution in [1.29, 1.82) is 0 Å². The Labute approximate surface area is 137 Å². The number of hydrogen-bond donors (Lipinski definition) is 1. The van der Waals surface area contributed by atoms with Crippen molar-refractivity contribution in [1.82, 2.24) is 29.9 Å². The van der Waals surface area contributed by atoms with Crippen molar-refractivity contribution in [3.63, 3.8) is 0 Å². The van der Waals surface area contributed by atoms with Crippen molar-refractivity contribution in [2.24, 2.45) is 0 Å². The number of anilines is 2. The van der Waals surface area contributed by atoms with E-state index in [-0.39, 0.29) is 0 Å². The van der Waals surface area contributed by atoms with E-state index in [4.69, 9.17) is 0 Å². The molecule has 0 saturated carbocycles. The Balaban J connectivity index is 1.88. The summed E-state index contributed by atoms with van der Waals surface area (Å²) in [5, 5.41) is 3.17. The minimum atomic E-state index is 0.528. The van der Waals surface area contributed by atoms with Gasteiger partial charge < -0.3 is 5.32 Å². The zero-order chi connectivity index (χ0) is 16.4. The van der Waals surface area contributed by atoms with Gasteiger partial charge in [-0.2, -0.15) is 0 Å². The smallest absolute Gasteiger partial charge is 0.184 e.